The van der Waals surface area contributed by atoms with E-state index in [2.05, 4.69) is 15.6 Å². The maximum Gasteiger partial charge on any atom is 0.240 e. The predicted molar refractivity (Wildman–Crippen MR) is 123 cm³/mol. The molecule has 0 heterocycles. The van der Waals surface area contributed by atoms with Crippen LogP contribution < -0.4 is 10.6 Å². The van der Waals surface area contributed by atoms with Crippen molar-refractivity contribution < 1.29 is 9.53 Å². The number of guanidine groups is 1. The molecule has 0 aliphatic carbocycles. The number of likely N-dealkylation sites (N-methyl/N-ethyl adjacent to an activating group) is 1. The third kappa shape index (κ3) is 10.2. The van der Waals surface area contributed by atoms with Crippen LogP contribution in [0.4, 0.5) is 0 Å². The van der Waals surface area contributed by atoms with Gasteiger partial charge >= 0.3 is 0 Å². The molecule has 0 fully saturated rings. The largest absolute Gasteiger partial charge is 0.375 e. The minimum atomic E-state index is -0.263. The van der Waals surface area contributed by atoms with Crippen molar-refractivity contribution in [2.45, 2.75) is 39.3 Å². The summed E-state index contributed by atoms with van der Waals surface area (Å²) in [6.07, 6.45) is -0.209. The number of aliphatic imine (C=N–C) groups is 1. The summed E-state index contributed by atoms with van der Waals surface area (Å²) in [6, 6.07) is 7.55. The summed E-state index contributed by atoms with van der Waals surface area (Å²) in [5.41, 5.74) is 0.703. The van der Waals surface area contributed by atoms with Gasteiger partial charge in [0.25, 0.3) is 0 Å². The van der Waals surface area contributed by atoms with Crippen molar-refractivity contribution >= 4 is 47.4 Å². The number of methoxy groups -OCH3 is 1. The zero-order valence-electron chi connectivity index (χ0n) is 17.0. The lowest BCUT2D eigenvalue weighted by atomic mass is 10.1. The van der Waals surface area contributed by atoms with Crippen molar-refractivity contribution in [3.8, 4) is 0 Å². The van der Waals surface area contributed by atoms with Gasteiger partial charge in [0.15, 0.2) is 5.96 Å². The molecule has 0 aliphatic heterocycles. The average molecular weight is 511 g/mol. The molecule has 6 nitrogen and oxygen atoms in total. The third-order valence-electron chi connectivity index (χ3n) is 3.50. The second-order valence-electron chi connectivity index (χ2n) is 7.13. The maximum absolute atomic E-state index is 12.2. The normalized spacial score (nSPS) is 12.8. The quantitative estimate of drug-likeness (QED) is 0.335. The highest BCUT2D eigenvalue weighted by Crippen LogP contribution is 2.20. The molecular formula is C19H32ClIN4O2. The first kappa shape index (κ1) is 25.9. The van der Waals surface area contributed by atoms with Crippen LogP contribution in [-0.4, -0.2) is 56.1 Å². The van der Waals surface area contributed by atoms with Gasteiger partial charge in [-0.3, -0.25) is 9.79 Å². The van der Waals surface area contributed by atoms with Gasteiger partial charge in [-0.05, 0) is 45.4 Å². The molecular weight excluding hydrogens is 479 g/mol. The molecule has 8 heteroatoms. The molecule has 1 amide bonds. The van der Waals surface area contributed by atoms with E-state index < -0.39 is 0 Å². The number of hydrogen-bond donors (Lipinski definition) is 2. The van der Waals surface area contributed by atoms with Gasteiger partial charge in [0.05, 0.1) is 13.1 Å². The van der Waals surface area contributed by atoms with Crippen LogP contribution in [0.15, 0.2) is 29.3 Å². The Morgan fingerprint density at radius 2 is 2.04 bits per heavy atom. The molecule has 1 unspecified atom stereocenters. The van der Waals surface area contributed by atoms with E-state index in [9.17, 15) is 4.79 Å². The fourth-order valence-electron chi connectivity index (χ4n) is 2.41. The van der Waals surface area contributed by atoms with Crippen LogP contribution in [0.25, 0.3) is 0 Å². The van der Waals surface area contributed by atoms with Crippen LogP contribution in [0.3, 0.4) is 0 Å². The number of carbonyl (C=O) groups excluding carboxylic acids is 1. The van der Waals surface area contributed by atoms with Crippen LogP contribution in [-0.2, 0) is 9.53 Å². The molecule has 1 atom stereocenters. The number of rotatable bonds is 7. The smallest absolute Gasteiger partial charge is 0.240 e. The van der Waals surface area contributed by atoms with Gasteiger partial charge in [-0.1, -0.05) is 23.7 Å². The summed E-state index contributed by atoms with van der Waals surface area (Å²) >= 11 is 6.06. The summed E-state index contributed by atoms with van der Waals surface area (Å²) in [6.45, 7) is 9.21. The molecule has 0 aromatic heterocycles. The van der Waals surface area contributed by atoms with Crippen LogP contribution >= 0.6 is 35.6 Å². The minimum absolute atomic E-state index is 0. The number of amides is 1. The van der Waals surface area contributed by atoms with Crippen LogP contribution in [0.1, 0.15) is 39.4 Å². The van der Waals surface area contributed by atoms with E-state index in [-0.39, 0.29) is 48.1 Å². The fraction of sp³-hybridized carbons (Fsp3) is 0.579. The molecule has 0 radical (unpaired) electrons. The van der Waals surface area contributed by atoms with Crippen molar-refractivity contribution in [3.63, 3.8) is 0 Å². The highest BCUT2D eigenvalue weighted by Gasteiger charge is 2.17. The standard InChI is InChI=1S/C19H31ClN4O2.HI/c1-7-21-18(24(5)13-17(25)23-19(2,3)4)22-12-16(26-6)14-9-8-10-15(20)11-14;/h8-11,16H,7,12-13H2,1-6H3,(H,21,22)(H,23,25);1H. The number of nitrogens with one attached hydrogen (secondary N) is 2. The Balaban J connectivity index is 0.00000676. The lowest BCUT2D eigenvalue weighted by Gasteiger charge is -2.26. The molecule has 27 heavy (non-hydrogen) atoms. The van der Waals surface area contributed by atoms with E-state index in [1.54, 1.807) is 12.0 Å². The fourth-order valence-corrected chi connectivity index (χ4v) is 2.61. The predicted octanol–water partition coefficient (Wildman–Crippen LogP) is 3.46. The van der Waals surface area contributed by atoms with Crippen molar-refractivity contribution in [1.29, 1.82) is 0 Å². The number of halogens is 2. The molecule has 1 rings (SSSR count). The number of hydrogen-bond acceptors (Lipinski definition) is 3. The SMILES string of the molecule is CCNC(=NCC(OC)c1cccc(Cl)c1)N(C)CC(=O)NC(C)(C)C.I. The maximum atomic E-state index is 12.2. The summed E-state index contributed by atoms with van der Waals surface area (Å²) < 4.78 is 5.56. The molecule has 154 valence electrons. The first-order valence-corrected chi connectivity index (χ1v) is 9.12. The number of benzene rings is 1. The van der Waals surface area contributed by atoms with Gasteiger partial charge in [0.2, 0.25) is 5.91 Å². The van der Waals surface area contributed by atoms with Crippen LogP contribution in [0.5, 0.6) is 0 Å². The Kier molecular flexibility index (Phi) is 11.9. The first-order valence-electron chi connectivity index (χ1n) is 8.75. The molecule has 0 saturated heterocycles. The van der Waals surface area contributed by atoms with Crippen molar-refractivity contribution in [3.05, 3.63) is 34.9 Å². The van der Waals surface area contributed by atoms with Crippen molar-refractivity contribution in [2.75, 3.05) is 33.8 Å². The van der Waals surface area contributed by atoms with E-state index in [0.717, 1.165) is 5.56 Å². The van der Waals surface area contributed by atoms with Crippen molar-refractivity contribution in [1.82, 2.24) is 15.5 Å². The monoisotopic (exact) mass is 510 g/mol. The Morgan fingerprint density at radius 1 is 1.37 bits per heavy atom. The van der Waals surface area contributed by atoms with Crippen LogP contribution in [0, 0.1) is 0 Å². The van der Waals surface area contributed by atoms with E-state index in [1.165, 1.54) is 0 Å². The number of ether oxygens (including phenoxy) is 1. The Labute approximate surface area is 185 Å². The van der Waals surface area contributed by atoms with Gasteiger partial charge in [0.1, 0.15) is 6.10 Å². The zero-order chi connectivity index (χ0) is 19.7. The summed E-state index contributed by atoms with van der Waals surface area (Å²) in [5.74, 6) is 0.601. The second kappa shape index (κ2) is 12.4. The molecule has 0 spiro atoms. The van der Waals surface area contributed by atoms with E-state index in [1.807, 2.05) is 59.0 Å². The first-order chi connectivity index (χ1) is 12.2. The molecule has 2 N–H and O–H groups in total. The Bertz CT molecular complexity index is 620. The van der Waals surface area contributed by atoms with Crippen LogP contribution in [0.2, 0.25) is 5.02 Å². The van der Waals surface area contributed by atoms with E-state index >= 15 is 0 Å². The third-order valence-corrected chi connectivity index (χ3v) is 3.74. The minimum Gasteiger partial charge on any atom is -0.375 e. The second-order valence-corrected chi connectivity index (χ2v) is 7.56. The zero-order valence-corrected chi connectivity index (χ0v) is 20.1. The Hall–Kier alpha value is -1.06. The lowest BCUT2D eigenvalue weighted by molar-refractivity contribution is -0.122. The Morgan fingerprint density at radius 3 is 2.56 bits per heavy atom. The van der Waals surface area contributed by atoms with Crippen molar-refractivity contribution in [2.24, 2.45) is 4.99 Å². The van der Waals surface area contributed by atoms with Gasteiger partial charge in [0, 0.05) is 31.3 Å². The number of nitrogens with zero attached hydrogens (tertiary/aromatic N) is 2. The highest BCUT2D eigenvalue weighted by atomic mass is 127. The summed E-state index contributed by atoms with van der Waals surface area (Å²) in [4.78, 5) is 18.6. The topological polar surface area (TPSA) is 66.0 Å². The summed E-state index contributed by atoms with van der Waals surface area (Å²) in [5, 5.41) is 6.82. The molecule has 0 bridgehead atoms. The molecule has 0 aliphatic rings. The number of carbonyl (C=O) groups is 1. The van der Waals surface area contributed by atoms with Gasteiger partial charge in [-0.2, -0.15) is 0 Å². The highest BCUT2D eigenvalue weighted by molar-refractivity contribution is 14.0. The molecule has 1 aromatic carbocycles. The lowest BCUT2D eigenvalue weighted by Crippen LogP contribution is -2.48. The molecule has 0 saturated carbocycles. The van der Waals surface area contributed by atoms with Gasteiger partial charge in [-0.15, -0.1) is 24.0 Å². The molecule has 1 aromatic rings. The van der Waals surface area contributed by atoms with E-state index in [4.69, 9.17) is 16.3 Å². The average Bonchev–Trinajstić information content (AvgIpc) is 2.52. The van der Waals surface area contributed by atoms with Gasteiger partial charge < -0.3 is 20.3 Å². The summed E-state index contributed by atoms with van der Waals surface area (Å²) in [7, 11) is 3.49. The van der Waals surface area contributed by atoms with E-state index in [0.29, 0.717) is 24.1 Å². The van der Waals surface area contributed by atoms with Gasteiger partial charge in [-0.25, -0.2) is 0 Å².